The standard InChI is InChI=1S/C26H23ClFN5O3/c1-4-19-15-8-13(9-21(35-5-2)22(15)26(34)32-31-19)17-12-30-33(3)25(17)23-16(11-29)20(36-14-6-7-14)10-18(27)24(23)28/h8-10,12,14H,4-7H2,1-3H3,(H,32,34). The van der Waals surface area contributed by atoms with Gasteiger partial charge in [-0.25, -0.2) is 9.49 Å². The number of nitrogens with zero attached hydrogens (tertiary/aromatic N) is 4. The number of hydrogen-bond donors (Lipinski definition) is 1. The molecule has 0 saturated heterocycles. The molecule has 8 nitrogen and oxygen atoms in total. The molecule has 0 bridgehead atoms. The molecule has 2 aromatic carbocycles. The van der Waals surface area contributed by atoms with E-state index in [1.54, 1.807) is 19.3 Å². The molecular weight excluding hydrogens is 485 g/mol. The summed E-state index contributed by atoms with van der Waals surface area (Å²) >= 11 is 6.26. The van der Waals surface area contributed by atoms with Crippen LogP contribution in [0, 0.1) is 17.1 Å². The predicted molar refractivity (Wildman–Crippen MR) is 134 cm³/mol. The fourth-order valence-corrected chi connectivity index (χ4v) is 4.54. The SMILES string of the molecule is CCOc1cc(-c2cnn(C)c2-c2c(F)c(Cl)cc(OC3CC3)c2C#N)cc2c(CC)n[nH]c(=O)c12. The normalized spacial score (nSPS) is 13.1. The Morgan fingerprint density at radius 3 is 2.72 bits per heavy atom. The van der Waals surface area contributed by atoms with Crippen LogP contribution in [0.3, 0.4) is 0 Å². The average Bonchev–Trinajstić information content (AvgIpc) is 3.60. The molecule has 1 aliphatic rings. The summed E-state index contributed by atoms with van der Waals surface area (Å²) in [5.41, 5.74) is 1.90. The van der Waals surface area contributed by atoms with E-state index in [2.05, 4.69) is 21.4 Å². The number of ether oxygens (including phenoxy) is 2. The maximum absolute atomic E-state index is 15.6. The molecule has 36 heavy (non-hydrogen) atoms. The molecule has 1 aliphatic carbocycles. The molecule has 0 spiro atoms. The first-order chi connectivity index (χ1) is 17.4. The van der Waals surface area contributed by atoms with E-state index in [1.807, 2.05) is 19.9 Å². The van der Waals surface area contributed by atoms with Crippen LogP contribution in [0.5, 0.6) is 11.5 Å². The summed E-state index contributed by atoms with van der Waals surface area (Å²) in [6.45, 7) is 4.10. The van der Waals surface area contributed by atoms with Gasteiger partial charge in [0.2, 0.25) is 0 Å². The van der Waals surface area contributed by atoms with Crippen molar-refractivity contribution in [3.63, 3.8) is 0 Å². The third kappa shape index (κ3) is 3.97. The highest BCUT2D eigenvalue weighted by atomic mass is 35.5. The molecular formula is C26H23ClFN5O3. The van der Waals surface area contributed by atoms with Crippen molar-refractivity contribution in [1.82, 2.24) is 20.0 Å². The van der Waals surface area contributed by atoms with Gasteiger partial charge in [-0.15, -0.1) is 0 Å². The number of aromatic amines is 1. The lowest BCUT2D eigenvalue weighted by atomic mass is 9.95. The van der Waals surface area contributed by atoms with Crippen LogP contribution in [0.15, 0.2) is 29.2 Å². The van der Waals surface area contributed by atoms with Crippen molar-refractivity contribution in [3.05, 3.63) is 56.8 Å². The van der Waals surface area contributed by atoms with E-state index in [0.717, 1.165) is 12.8 Å². The first kappa shape index (κ1) is 23.8. The Morgan fingerprint density at radius 2 is 2.06 bits per heavy atom. The number of rotatable bonds is 7. The maximum atomic E-state index is 15.6. The number of hydrogen-bond acceptors (Lipinski definition) is 6. The lowest BCUT2D eigenvalue weighted by Crippen LogP contribution is -2.12. The minimum absolute atomic E-state index is 0.00783. The number of nitrogens with one attached hydrogen (secondary N) is 1. The topological polar surface area (TPSA) is 106 Å². The van der Waals surface area contributed by atoms with Gasteiger partial charge in [0, 0.05) is 24.1 Å². The summed E-state index contributed by atoms with van der Waals surface area (Å²) in [6, 6.07) is 6.99. The van der Waals surface area contributed by atoms with Crippen molar-refractivity contribution in [2.45, 2.75) is 39.2 Å². The molecule has 184 valence electrons. The Labute approximate surface area is 211 Å². The van der Waals surface area contributed by atoms with E-state index in [4.69, 9.17) is 21.1 Å². The second-order valence-electron chi connectivity index (χ2n) is 8.56. The molecule has 5 rings (SSSR count). The Balaban J connectivity index is 1.80. The zero-order valence-electron chi connectivity index (χ0n) is 20.0. The van der Waals surface area contributed by atoms with Gasteiger partial charge in [-0.2, -0.15) is 15.5 Å². The quantitative estimate of drug-likeness (QED) is 0.370. The van der Waals surface area contributed by atoms with Crippen molar-refractivity contribution in [1.29, 1.82) is 5.26 Å². The van der Waals surface area contributed by atoms with Gasteiger partial charge in [0.05, 0.1) is 46.3 Å². The minimum atomic E-state index is -0.737. The van der Waals surface area contributed by atoms with Crippen LogP contribution >= 0.6 is 11.6 Å². The minimum Gasteiger partial charge on any atom is -0.493 e. The van der Waals surface area contributed by atoms with Crippen LogP contribution < -0.4 is 15.0 Å². The molecule has 0 unspecified atom stereocenters. The van der Waals surface area contributed by atoms with Gasteiger partial charge in [-0.05, 0) is 43.9 Å². The van der Waals surface area contributed by atoms with E-state index in [9.17, 15) is 10.1 Å². The number of fused-ring (bicyclic) bond motifs is 1. The molecule has 4 aromatic rings. The van der Waals surface area contributed by atoms with Crippen LogP contribution in [0.1, 0.15) is 37.9 Å². The van der Waals surface area contributed by atoms with Gasteiger partial charge in [0.15, 0.2) is 5.82 Å². The lowest BCUT2D eigenvalue weighted by Gasteiger charge is -2.16. The smallest absolute Gasteiger partial charge is 0.275 e. The van der Waals surface area contributed by atoms with E-state index in [-0.39, 0.29) is 33.6 Å². The predicted octanol–water partition coefficient (Wildman–Crippen LogP) is 5.16. The fraction of sp³-hybridized carbons (Fsp3) is 0.308. The van der Waals surface area contributed by atoms with Crippen LogP contribution in [-0.4, -0.2) is 32.7 Å². The van der Waals surface area contributed by atoms with E-state index < -0.39 is 5.82 Å². The summed E-state index contributed by atoms with van der Waals surface area (Å²) in [4.78, 5) is 12.7. The van der Waals surface area contributed by atoms with E-state index in [1.165, 1.54) is 10.7 Å². The van der Waals surface area contributed by atoms with Gasteiger partial charge in [-0.1, -0.05) is 18.5 Å². The Kier molecular flexibility index (Phi) is 6.14. The number of H-pyrrole nitrogens is 1. The molecule has 2 aromatic heterocycles. The number of nitriles is 1. The highest BCUT2D eigenvalue weighted by Gasteiger charge is 2.30. The molecule has 1 saturated carbocycles. The summed E-state index contributed by atoms with van der Waals surface area (Å²) in [7, 11) is 1.66. The molecule has 0 radical (unpaired) electrons. The van der Waals surface area contributed by atoms with Gasteiger partial charge in [0.1, 0.15) is 23.1 Å². The second kappa shape index (κ2) is 9.28. The highest BCUT2D eigenvalue weighted by Crippen LogP contribution is 2.43. The van der Waals surface area contributed by atoms with Crippen molar-refractivity contribution >= 4 is 22.4 Å². The Hall–Kier alpha value is -3.90. The van der Waals surface area contributed by atoms with Gasteiger partial charge in [-0.3, -0.25) is 9.48 Å². The van der Waals surface area contributed by atoms with Crippen molar-refractivity contribution in [2.75, 3.05) is 6.61 Å². The lowest BCUT2D eigenvalue weighted by molar-refractivity contribution is 0.302. The molecule has 2 heterocycles. The zero-order valence-corrected chi connectivity index (χ0v) is 20.7. The third-order valence-corrected chi connectivity index (χ3v) is 6.44. The molecule has 10 heteroatoms. The number of aryl methyl sites for hydroxylation is 2. The fourth-order valence-electron chi connectivity index (χ4n) is 4.35. The number of benzene rings is 2. The first-order valence-electron chi connectivity index (χ1n) is 11.7. The van der Waals surface area contributed by atoms with Crippen molar-refractivity contribution < 1.29 is 13.9 Å². The molecule has 0 atom stereocenters. The molecule has 0 amide bonds. The summed E-state index contributed by atoms with van der Waals surface area (Å²) in [5.74, 6) is -0.117. The van der Waals surface area contributed by atoms with E-state index >= 15 is 4.39 Å². The summed E-state index contributed by atoms with van der Waals surface area (Å²) in [6.07, 6.45) is 3.89. The third-order valence-electron chi connectivity index (χ3n) is 6.17. The summed E-state index contributed by atoms with van der Waals surface area (Å²) < 4.78 is 28.8. The summed E-state index contributed by atoms with van der Waals surface area (Å²) in [5, 5.41) is 22.0. The molecule has 1 N–H and O–H groups in total. The van der Waals surface area contributed by atoms with Crippen LogP contribution in [0.2, 0.25) is 5.02 Å². The molecule has 1 fully saturated rings. The number of halogens is 2. The monoisotopic (exact) mass is 507 g/mol. The highest BCUT2D eigenvalue weighted by molar-refractivity contribution is 6.31. The van der Waals surface area contributed by atoms with E-state index in [0.29, 0.717) is 52.1 Å². The number of aromatic nitrogens is 4. The largest absolute Gasteiger partial charge is 0.493 e. The van der Waals surface area contributed by atoms with Crippen LogP contribution in [0.4, 0.5) is 4.39 Å². The Bertz CT molecular complexity index is 1600. The second-order valence-corrected chi connectivity index (χ2v) is 8.97. The Morgan fingerprint density at radius 1 is 1.28 bits per heavy atom. The van der Waals surface area contributed by atoms with Crippen molar-refractivity contribution in [3.8, 4) is 40.0 Å². The molecule has 0 aliphatic heterocycles. The maximum Gasteiger partial charge on any atom is 0.275 e. The van der Waals surface area contributed by atoms with Crippen molar-refractivity contribution in [2.24, 2.45) is 7.05 Å². The van der Waals surface area contributed by atoms with Crippen LogP contribution in [-0.2, 0) is 13.5 Å². The first-order valence-corrected chi connectivity index (χ1v) is 12.0. The van der Waals surface area contributed by atoms with Crippen LogP contribution in [0.25, 0.3) is 33.2 Å². The van der Waals surface area contributed by atoms with Gasteiger partial charge >= 0.3 is 0 Å². The average molecular weight is 508 g/mol. The van der Waals surface area contributed by atoms with Gasteiger partial charge < -0.3 is 9.47 Å². The zero-order chi connectivity index (χ0) is 25.6. The van der Waals surface area contributed by atoms with Gasteiger partial charge in [0.25, 0.3) is 5.56 Å².